The molecule has 1 saturated carbocycles. The van der Waals surface area contributed by atoms with Gasteiger partial charge in [0.1, 0.15) is 11.9 Å². The first kappa shape index (κ1) is 22.8. The first-order chi connectivity index (χ1) is 14.2. The van der Waals surface area contributed by atoms with Gasteiger partial charge in [-0.25, -0.2) is 4.79 Å². The molecule has 1 aromatic carbocycles. The number of rotatable bonds is 7. The van der Waals surface area contributed by atoms with Crippen molar-refractivity contribution in [1.82, 2.24) is 0 Å². The third kappa shape index (κ3) is 4.57. The van der Waals surface area contributed by atoms with Gasteiger partial charge in [0.15, 0.2) is 0 Å². The molecule has 30 heavy (non-hydrogen) atoms. The van der Waals surface area contributed by atoms with E-state index in [1.807, 2.05) is 18.2 Å². The van der Waals surface area contributed by atoms with Crippen LogP contribution in [0.4, 0.5) is 0 Å². The van der Waals surface area contributed by atoms with Crippen molar-refractivity contribution in [3.63, 3.8) is 0 Å². The third-order valence-electron chi connectivity index (χ3n) is 7.12. The highest BCUT2D eigenvalue weighted by Crippen LogP contribution is 2.44. The van der Waals surface area contributed by atoms with Crippen LogP contribution in [0.1, 0.15) is 74.4 Å². The zero-order valence-electron chi connectivity index (χ0n) is 18.6. The van der Waals surface area contributed by atoms with Crippen LogP contribution in [-0.4, -0.2) is 39.6 Å². The molecule has 0 bridgehead atoms. The number of aliphatic hydroxyl groups excluding tert-OH is 2. The molecule has 5 nitrogen and oxygen atoms in total. The summed E-state index contributed by atoms with van der Waals surface area (Å²) in [7, 11) is 0. The summed E-state index contributed by atoms with van der Waals surface area (Å²) in [6.45, 7) is 8.11. The lowest BCUT2D eigenvalue weighted by molar-refractivity contribution is 0.0694. The molecule has 0 radical (unpaired) electrons. The van der Waals surface area contributed by atoms with Gasteiger partial charge in [0, 0.05) is 23.8 Å². The number of fused-ring (bicyclic) bond motifs is 2. The van der Waals surface area contributed by atoms with E-state index in [2.05, 4.69) is 20.8 Å². The predicted octanol–water partition coefficient (Wildman–Crippen LogP) is 4.52. The number of carbonyl (C=O) groups is 1. The quantitative estimate of drug-likeness (QED) is 0.569. The van der Waals surface area contributed by atoms with E-state index >= 15 is 0 Å². The first-order valence-corrected chi connectivity index (χ1v) is 11.2. The van der Waals surface area contributed by atoms with Crippen LogP contribution in [0, 0.1) is 24.2 Å². The maximum atomic E-state index is 11.5. The standard InChI is InChI=1S/C25H36O5/c1-5-6-13-25(3,4)22(27)12-11-18-19-10-8-16-7-9-17(24(28)29)15(2)23(16)30-21(19)14-20(18)26/h7,9,11-12,18-22,26-27H,5-6,8,10,13-14H2,1-4H3,(H,28,29)/b12-11+/t18-,19-,20-,21+,22?/m1/s1. The first-order valence-electron chi connectivity index (χ1n) is 11.2. The summed E-state index contributed by atoms with van der Waals surface area (Å²) in [5, 5.41) is 30.9. The summed E-state index contributed by atoms with van der Waals surface area (Å²) in [6.07, 6.45) is 7.94. The molecule has 1 aliphatic heterocycles. The minimum absolute atomic E-state index is 0.0693. The molecule has 5 heteroatoms. The molecule has 0 amide bonds. The van der Waals surface area contributed by atoms with E-state index in [4.69, 9.17) is 4.74 Å². The molecule has 1 unspecified atom stereocenters. The topological polar surface area (TPSA) is 87.0 Å². The number of aliphatic hydroxyl groups is 2. The molecule has 0 aromatic heterocycles. The van der Waals surface area contributed by atoms with Crippen molar-refractivity contribution >= 4 is 5.97 Å². The highest BCUT2D eigenvalue weighted by atomic mass is 16.5. The highest BCUT2D eigenvalue weighted by Gasteiger charge is 2.44. The number of benzene rings is 1. The Morgan fingerprint density at radius 2 is 2.10 bits per heavy atom. The second-order valence-electron chi connectivity index (χ2n) is 9.69. The van der Waals surface area contributed by atoms with E-state index in [9.17, 15) is 20.1 Å². The monoisotopic (exact) mass is 416 g/mol. The SMILES string of the molecule is CCCCC(C)(C)C(O)/C=C/[C@@H]1[C@H]2CCc3ccc(C(=O)O)c(C)c3O[C@H]2C[C@H]1O. The Morgan fingerprint density at radius 3 is 2.77 bits per heavy atom. The summed E-state index contributed by atoms with van der Waals surface area (Å²) < 4.78 is 6.31. The lowest BCUT2D eigenvalue weighted by Crippen LogP contribution is -2.28. The number of carboxylic acid groups (broad SMARTS) is 1. The van der Waals surface area contributed by atoms with E-state index in [1.54, 1.807) is 13.0 Å². The van der Waals surface area contributed by atoms with Crippen molar-refractivity contribution in [3.8, 4) is 5.75 Å². The van der Waals surface area contributed by atoms with Crippen LogP contribution in [0.3, 0.4) is 0 Å². The van der Waals surface area contributed by atoms with Crippen LogP contribution in [0.5, 0.6) is 5.75 Å². The molecule has 3 rings (SSSR count). The predicted molar refractivity (Wildman–Crippen MR) is 117 cm³/mol. The van der Waals surface area contributed by atoms with Crippen LogP contribution in [0.25, 0.3) is 0 Å². The van der Waals surface area contributed by atoms with E-state index in [0.717, 1.165) is 37.7 Å². The van der Waals surface area contributed by atoms with Crippen LogP contribution >= 0.6 is 0 Å². The molecule has 2 aliphatic rings. The zero-order chi connectivity index (χ0) is 22.1. The summed E-state index contributed by atoms with van der Waals surface area (Å²) in [5.74, 6) is -0.214. The van der Waals surface area contributed by atoms with Crippen LogP contribution in [0.2, 0.25) is 0 Å². The number of unbranched alkanes of at least 4 members (excludes halogenated alkanes) is 1. The van der Waals surface area contributed by atoms with Crippen LogP contribution in [-0.2, 0) is 6.42 Å². The Bertz CT molecular complexity index is 797. The van der Waals surface area contributed by atoms with Crippen molar-refractivity contribution in [3.05, 3.63) is 41.0 Å². The molecule has 3 N–H and O–H groups in total. The van der Waals surface area contributed by atoms with Gasteiger partial charge in [0.05, 0.1) is 17.8 Å². The molecule has 1 heterocycles. The van der Waals surface area contributed by atoms with Gasteiger partial charge in [0.25, 0.3) is 0 Å². The number of ether oxygens (including phenoxy) is 1. The average Bonchev–Trinajstić information content (AvgIpc) is 2.86. The Morgan fingerprint density at radius 1 is 1.37 bits per heavy atom. The minimum atomic E-state index is -0.952. The molecule has 1 aromatic rings. The molecular weight excluding hydrogens is 380 g/mol. The smallest absolute Gasteiger partial charge is 0.336 e. The maximum Gasteiger partial charge on any atom is 0.336 e. The van der Waals surface area contributed by atoms with E-state index < -0.39 is 18.2 Å². The van der Waals surface area contributed by atoms with Crippen molar-refractivity contribution in [2.24, 2.45) is 17.3 Å². The Hall–Kier alpha value is -1.85. The summed E-state index contributed by atoms with van der Waals surface area (Å²) >= 11 is 0. The summed E-state index contributed by atoms with van der Waals surface area (Å²) in [5.41, 5.74) is 1.75. The minimum Gasteiger partial charge on any atom is -0.489 e. The van der Waals surface area contributed by atoms with Crippen molar-refractivity contribution in [2.75, 3.05) is 0 Å². The van der Waals surface area contributed by atoms with E-state index in [0.29, 0.717) is 17.7 Å². The van der Waals surface area contributed by atoms with Gasteiger partial charge in [-0.2, -0.15) is 0 Å². The molecule has 1 fully saturated rings. The second-order valence-corrected chi connectivity index (χ2v) is 9.69. The largest absolute Gasteiger partial charge is 0.489 e. The Balaban J connectivity index is 1.77. The number of aromatic carboxylic acids is 1. The van der Waals surface area contributed by atoms with Gasteiger partial charge < -0.3 is 20.1 Å². The number of aryl methyl sites for hydroxylation is 1. The van der Waals surface area contributed by atoms with Crippen LogP contribution < -0.4 is 4.74 Å². The highest BCUT2D eigenvalue weighted by molar-refractivity contribution is 5.90. The molecule has 166 valence electrons. The fraction of sp³-hybridized carbons (Fsp3) is 0.640. The average molecular weight is 417 g/mol. The van der Waals surface area contributed by atoms with Gasteiger partial charge in [-0.1, -0.05) is 51.8 Å². The Labute approximate surface area is 179 Å². The van der Waals surface area contributed by atoms with Gasteiger partial charge in [-0.3, -0.25) is 0 Å². The van der Waals surface area contributed by atoms with Crippen molar-refractivity contribution < 1.29 is 24.9 Å². The van der Waals surface area contributed by atoms with Crippen molar-refractivity contribution in [2.45, 2.75) is 84.5 Å². The fourth-order valence-corrected chi connectivity index (χ4v) is 4.98. The van der Waals surface area contributed by atoms with Gasteiger partial charge >= 0.3 is 5.97 Å². The van der Waals surface area contributed by atoms with Crippen molar-refractivity contribution in [1.29, 1.82) is 0 Å². The van der Waals surface area contributed by atoms with E-state index in [-0.39, 0.29) is 28.9 Å². The summed E-state index contributed by atoms with van der Waals surface area (Å²) in [4.78, 5) is 11.5. The fourth-order valence-electron chi connectivity index (χ4n) is 4.98. The molecular formula is C25H36O5. The number of carboxylic acids is 1. The van der Waals surface area contributed by atoms with Gasteiger partial charge in [-0.15, -0.1) is 0 Å². The van der Waals surface area contributed by atoms with E-state index in [1.165, 1.54) is 0 Å². The molecule has 1 aliphatic carbocycles. The summed E-state index contributed by atoms with van der Waals surface area (Å²) in [6, 6.07) is 3.51. The van der Waals surface area contributed by atoms with Crippen LogP contribution in [0.15, 0.2) is 24.3 Å². The third-order valence-corrected chi connectivity index (χ3v) is 7.12. The lowest BCUT2D eigenvalue weighted by atomic mass is 9.80. The number of hydrogen-bond acceptors (Lipinski definition) is 4. The van der Waals surface area contributed by atoms with Gasteiger partial charge in [-0.05, 0) is 43.2 Å². The molecule has 0 saturated heterocycles. The lowest BCUT2D eigenvalue weighted by Gasteiger charge is -2.29. The molecule has 5 atom stereocenters. The van der Waals surface area contributed by atoms with Gasteiger partial charge in [0.2, 0.25) is 0 Å². The normalized spacial score (nSPS) is 27.3. The maximum absolute atomic E-state index is 11.5. The second kappa shape index (κ2) is 9.11. The zero-order valence-corrected chi connectivity index (χ0v) is 18.6. The Kier molecular flexibility index (Phi) is 6.93. The molecule has 0 spiro atoms. The number of hydrogen-bond donors (Lipinski definition) is 3.